The summed E-state index contributed by atoms with van der Waals surface area (Å²) in [5.74, 6) is 0. The van der Waals surface area contributed by atoms with Crippen molar-refractivity contribution < 1.29 is 4.74 Å². The van der Waals surface area contributed by atoms with E-state index in [-0.39, 0.29) is 0 Å². The molecule has 0 aliphatic carbocycles. The summed E-state index contributed by atoms with van der Waals surface area (Å²) in [7, 11) is 0. The number of aromatic nitrogens is 2. The highest BCUT2D eigenvalue weighted by Gasteiger charge is 2.03. The Balaban J connectivity index is 1.75. The average Bonchev–Trinajstić information content (AvgIpc) is 2.87. The van der Waals surface area contributed by atoms with Gasteiger partial charge in [-0.15, -0.1) is 11.3 Å². The van der Waals surface area contributed by atoms with Crippen molar-refractivity contribution in [3.63, 3.8) is 0 Å². The molecule has 0 amide bonds. The van der Waals surface area contributed by atoms with Gasteiger partial charge in [0.05, 0.1) is 35.8 Å². The van der Waals surface area contributed by atoms with Gasteiger partial charge in [-0.25, -0.2) is 4.98 Å². The van der Waals surface area contributed by atoms with Gasteiger partial charge in [0.1, 0.15) is 0 Å². The van der Waals surface area contributed by atoms with E-state index in [1.807, 2.05) is 30.6 Å². The van der Waals surface area contributed by atoms with Crippen LogP contribution in [0.1, 0.15) is 35.8 Å². The highest BCUT2D eigenvalue weighted by molar-refractivity contribution is 7.09. The van der Waals surface area contributed by atoms with E-state index in [1.165, 1.54) is 4.88 Å². The van der Waals surface area contributed by atoms with E-state index in [4.69, 9.17) is 4.74 Å². The fraction of sp³-hybridized carbons (Fsp3) is 0.500. The summed E-state index contributed by atoms with van der Waals surface area (Å²) in [6.07, 6.45) is 0.922. The molecule has 2 rings (SSSR count). The number of pyridine rings is 1. The van der Waals surface area contributed by atoms with Crippen LogP contribution in [0.25, 0.3) is 0 Å². The minimum Gasteiger partial charge on any atom is -0.375 e. The number of hydrogen-bond acceptors (Lipinski definition) is 5. The molecule has 0 radical (unpaired) electrons. The Morgan fingerprint density at radius 3 is 2.81 bits per heavy atom. The molecule has 2 aromatic heterocycles. The SMILES string of the molecule is Cc1ncsc1CCOCc1cccc(CNC(C)C)n1. The van der Waals surface area contributed by atoms with Crippen molar-refractivity contribution in [2.45, 2.75) is 46.4 Å². The molecular formula is C16H23N3OS. The number of aryl methyl sites for hydroxylation is 1. The normalized spacial score (nSPS) is 11.2. The Kier molecular flexibility index (Phi) is 6.29. The van der Waals surface area contributed by atoms with Crippen LogP contribution in [0.15, 0.2) is 23.7 Å². The first-order valence-electron chi connectivity index (χ1n) is 7.30. The zero-order valence-electron chi connectivity index (χ0n) is 12.9. The summed E-state index contributed by atoms with van der Waals surface area (Å²) in [6, 6.07) is 6.56. The van der Waals surface area contributed by atoms with Gasteiger partial charge in [0, 0.05) is 23.9 Å². The van der Waals surface area contributed by atoms with Gasteiger partial charge < -0.3 is 10.1 Å². The van der Waals surface area contributed by atoms with Crippen molar-refractivity contribution in [1.29, 1.82) is 0 Å². The quantitative estimate of drug-likeness (QED) is 0.761. The van der Waals surface area contributed by atoms with Crippen LogP contribution in [0, 0.1) is 6.92 Å². The van der Waals surface area contributed by atoms with Gasteiger partial charge in [-0.3, -0.25) is 4.98 Å². The van der Waals surface area contributed by atoms with Crippen LogP contribution < -0.4 is 5.32 Å². The van der Waals surface area contributed by atoms with Crippen LogP contribution in [0.3, 0.4) is 0 Å². The third-order valence-corrected chi connectivity index (χ3v) is 4.12. The van der Waals surface area contributed by atoms with E-state index in [0.717, 1.165) is 30.0 Å². The highest BCUT2D eigenvalue weighted by Crippen LogP contribution is 2.13. The molecular weight excluding hydrogens is 282 g/mol. The van der Waals surface area contributed by atoms with Crippen molar-refractivity contribution in [2.24, 2.45) is 0 Å². The molecule has 5 heteroatoms. The predicted octanol–water partition coefficient (Wildman–Crippen LogP) is 3.10. The summed E-state index contributed by atoms with van der Waals surface area (Å²) >= 11 is 1.69. The van der Waals surface area contributed by atoms with E-state index < -0.39 is 0 Å². The Morgan fingerprint density at radius 1 is 1.29 bits per heavy atom. The van der Waals surface area contributed by atoms with Crippen molar-refractivity contribution in [1.82, 2.24) is 15.3 Å². The third-order valence-electron chi connectivity index (χ3n) is 3.12. The summed E-state index contributed by atoms with van der Waals surface area (Å²) in [4.78, 5) is 10.1. The van der Waals surface area contributed by atoms with Crippen molar-refractivity contribution >= 4 is 11.3 Å². The smallest absolute Gasteiger partial charge is 0.0888 e. The molecule has 0 unspecified atom stereocenters. The highest BCUT2D eigenvalue weighted by atomic mass is 32.1. The Morgan fingerprint density at radius 2 is 2.10 bits per heavy atom. The lowest BCUT2D eigenvalue weighted by Gasteiger charge is -2.09. The van der Waals surface area contributed by atoms with E-state index in [2.05, 4.69) is 29.1 Å². The van der Waals surface area contributed by atoms with Crippen LogP contribution in [0.5, 0.6) is 0 Å². The van der Waals surface area contributed by atoms with Gasteiger partial charge in [-0.05, 0) is 19.1 Å². The lowest BCUT2D eigenvalue weighted by molar-refractivity contribution is 0.121. The first-order valence-corrected chi connectivity index (χ1v) is 8.18. The maximum Gasteiger partial charge on any atom is 0.0888 e. The molecule has 1 N–H and O–H groups in total. The first-order chi connectivity index (χ1) is 10.1. The predicted molar refractivity (Wildman–Crippen MR) is 86.4 cm³/mol. The topological polar surface area (TPSA) is 47.0 Å². The molecule has 0 aromatic carbocycles. The Labute approximate surface area is 130 Å². The third kappa shape index (κ3) is 5.53. The molecule has 0 aliphatic rings. The zero-order valence-corrected chi connectivity index (χ0v) is 13.7. The van der Waals surface area contributed by atoms with E-state index in [1.54, 1.807) is 11.3 Å². The van der Waals surface area contributed by atoms with Crippen molar-refractivity contribution in [3.05, 3.63) is 45.7 Å². The fourth-order valence-electron chi connectivity index (χ4n) is 1.92. The molecule has 0 aliphatic heterocycles. The molecule has 0 saturated carbocycles. The lowest BCUT2D eigenvalue weighted by atomic mass is 10.3. The minimum atomic E-state index is 0.467. The molecule has 114 valence electrons. The largest absolute Gasteiger partial charge is 0.375 e. The van der Waals surface area contributed by atoms with E-state index in [0.29, 0.717) is 19.3 Å². The molecule has 2 heterocycles. The van der Waals surface area contributed by atoms with Gasteiger partial charge in [-0.1, -0.05) is 19.9 Å². The zero-order chi connectivity index (χ0) is 15.1. The number of nitrogens with zero attached hydrogens (tertiary/aromatic N) is 2. The van der Waals surface area contributed by atoms with Crippen LogP contribution >= 0.6 is 11.3 Å². The Hall–Kier alpha value is -1.30. The molecule has 21 heavy (non-hydrogen) atoms. The van der Waals surface area contributed by atoms with Crippen LogP contribution in [0.4, 0.5) is 0 Å². The van der Waals surface area contributed by atoms with Gasteiger partial charge in [0.2, 0.25) is 0 Å². The molecule has 0 bridgehead atoms. The van der Waals surface area contributed by atoms with Crippen LogP contribution in [0.2, 0.25) is 0 Å². The second-order valence-corrected chi connectivity index (χ2v) is 6.26. The molecule has 0 fully saturated rings. The fourth-order valence-corrected chi connectivity index (χ4v) is 2.69. The number of rotatable bonds is 8. The summed E-state index contributed by atoms with van der Waals surface area (Å²) < 4.78 is 5.72. The first kappa shape index (κ1) is 16.1. The summed E-state index contributed by atoms with van der Waals surface area (Å²) in [5.41, 5.74) is 5.04. The average molecular weight is 305 g/mol. The van der Waals surface area contributed by atoms with Gasteiger partial charge in [0.25, 0.3) is 0 Å². The van der Waals surface area contributed by atoms with Crippen molar-refractivity contribution in [3.8, 4) is 0 Å². The minimum absolute atomic E-state index is 0.467. The summed E-state index contributed by atoms with van der Waals surface area (Å²) in [5, 5.41) is 3.37. The summed E-state index contributed by atoms with van der Waals surface area (Å²) in [6.45, 7) is 8.37. The van der Waals surface area contributed by atoms with Gasteiger partial charge in [0.15, 0.2) is 0 Å². The second-order valence-electron chi connectivity index (χ2n) is 5.32. The van der Waals surface area contributed by atoms with Gasteiger partial charge >= 0.3 is 0 Å². The standard InChI is InChI=1S/C16H23N3OS/c1-12(2)17-9-14-5-4-6-15(19-14)10-20-8-7-16-13(3)18-11-21-16/h4-6,11-12,17H,7-10H2,1-3H3. The van der Waals surface area contributed by atoms with E-state index in [9.17, 15) is 0 Å². The maximum atomic E-state index is 5.72. The van der Waals surface area contributed by atoms with E-state index >= 15 is 0 Å². The van der Waals surface area contributed by atoms with Crippen LogP contribution in [-0.4, -0.2) is 22.6 Å². The number of thiazole rings is 1. The monoisotopic (exact) mass is 305 g/mol. The van der Waals surface area contributed by atoms with Crippen molar-refractivity contribution in [2.75, 3.05) is 6.61 Å². The number of ether oxygens (including phenoxy) is 1. The Bertz CT molecular complexity index is 554. The number of nitrogens with one attached hydrogen (secondary N) is 1. The molecule has 2 aromatic rings. The number of hydrogen-bond donors (Lipinski definition) is 1. The lowest BCUT2D eigenvalue weighted by Crippen LogP contribution is -2.22. The van der Waals surface area contributed by atoms with Crippen LogP contribution in [-0.2, 0) is 24.3 Å². The molecule has 0 saturated heterocycles. The second kappa shape index (κ2) is 8.22. The van der Waals surface area contributed by atoms with Gasteiger partial charge in [-0.2, -0.15) is 0 Å². The maximum absolute atomic E-state index is 5.72. The molecule has 0 spiro atoms. The molecule has 4 nitrogen and oxygen atoms in total. The molecule has 0 atom stereocenters.